The Hall–Kier alpha value is -1.89. The Morgan fingerprint density at radius 1 is 1.33 bits per heavy atom. The molecule has 2 aromatic heterocycles. The molecule has 8 heteroatoms. The summed E-state index contributed by atoms with van der Waals surface area (Å²) in [6.45, 7) is 3.34. The Kier molecular flexibility index (Phi) is 4.30. The van der Waals surface area contributed by atoms with E-state index < -0.39 is 0 Å². The molecule has 2 aromatic rings. The topological polar surface area (TPSA) is 88.8 Å². The molecule has 0 fully saturated rings. The van der Waals surface area contributed by atoms with Gasteiger partial charge in [0, 0.05) is 19.5 Å². The third-order valence-corrected chi connectivity index (χ3v) is 2.40. The molecule has 0 aliphatic carbocycles. The fourth-order valence-corrected chi connectivity index (χ4v) is 1.49. The van der Waals surface area contributed by atoms with Gasteiger partial charge < -0.3 is 15.2 Å². The predicted molar refractivity (Wildman–Crippen MR) is 67.7 cm³/mol. The van der Waals surface area contributed by atoms with Gasteiger partial charge in [0.1, 0.15) is 10.8 Å². The summed E-state index contributed by atoms with van der Waals surface area (Å²) in [7, 11) is 0. The van der Waals surface area contributed by atoms with Crippen LogP contribution in [0.4, 0.5) is 11.8 Å². The van der Waals surface area contributed by atoms with Crippen LogP contribution in [0.2, 0.25) is 5.02 Å². The lowest BCUT2D eigenvalue weighted by Crippen LogP contribution is -2.10. The van der Waals surface area contributed by atoms with E-state index in [1.807, 2.05) is 6.92 Å². The van der Waals surface area contributed by atoms with Crippen molar-refractivity contribution in [2.75, 3.05) is 23.7 Å². The van der Waals surface area contributed by atoms with Gasteiger partial charge in [-0.25, -0.2) is 4.98 Å². The molecule has 2 N–H and O–H groups in total. The van der Waals surface area contributed by atoms with Crippen LogP contribution in [0.1, 0.15) is 12.7 Å². The number of anilines is 2. The van der Waals surface area contributed by atoms with Crippen LogP contribution in [0.15, 0.2) is 17.1 Å². The third-order valence-electron chi connectivity index (χ3n) is 2.13. The van der Waals surface area contributed by atoms with Crippen LogP contribution in [-0.2, 0) is 6.42 Å². The highest BCUT2D eigenvalue weighted by Crippen LogP contribution is 2.19. The summed E-state index contributed by atoms with van der Waals surface area (Å²) in [6.07, 6.45) is 3.49. The lowest BCUT2D eigenvalue weighted by Gasteiger charge is -2.08. The van der Waals surface area contributed by atoms with Crippen molar-refractivity contribution in [2.45, 2.75) is 13.3 Å². The van der Waals surface area contributed by atoms with Crippen molar-refractivity contribution in [3.05, 3.63) is 23.4 Å². The Bertz CT molecular complexity index is 489. The Balaban J connectivity index is 1.93. The molecule has 96 valence electrons. The number of halogens is 1. The SMILES string of the molecule is CCNc1ncc(Cl)c(NCCc2ncon2)n1. The number of hydrogen-bond acceptors (Lipinski definition) is 7. The van der Waals surface area contributed by atoms with Gasteiger partial charge in [-0.3, -0.25) is 0 Å². The van der Waals surface area contributed by atoms with Crippen LogP contribution >= 0.6 is 11.6 Å². The maximum atomic E-state index is 5.99. The van der Waals surface area contributed by atoms with Gasteiger partial charge >= 0.3 is 0 Å². The maximum Gasteiger partial charge on any atom is 0.224 e. The van der Waals surface area contributed by atoms with Crippen LogP contribution in [0.3, 0.4) is 0 Å². The van der Waals surface area contributed by atoms with Crippen LogP contribution in [0.25, 0.3) is 0 Å². The molecule has 0 saturated heterocycles. The minimum Gasteiger partial charge on any atom is -0.368 e. The van der Waals surface area contributed by atoms with Gasteiger partial charge in [-0.15, -0.1) is 0 Å². The van der Waals surface area contributed by atoms with Crippen LogP contribution in [-0.4, -0.2) is 33.2 Å². The number of nitrogens with zero attached hydrogens (tertiary/aromatic N) is 4. The fourth-order valence-electron chi connectivity index (χ4n) is 1.33. The van der Waals surface area contributed by atoms with Gasteiger partial charge in [0.25, 0.3) is 0 Å². The van der Waals surface area contributed by atoms with E-state index >= 15 is 0 Å². The van der Waals surface area contributed by atoms with E-state index in [2.05, 4.69) is 35.3 Å². The molecule has 0 spiro atoms. The molecule has 0 unspecified atom stereocenters. The van der Waals surface area contributed by atoms with E-state index in [9.17, 15) is 0 Å². The minimum atomic E-state index is 0.477. The molecule has 2 rings (SSSR count). The summed E-state index contributed by atoms with van der Waals surface area (Å²) in [4.78, 5) is 12.2. The average Bonchev–Trinajstić information content (AvgIpc) is 2.86. The summed E-state index contributed by atoms with van der Waals surface area (Å²) >= 11 is 5.99. The van der Waals surface area contributed by atoms with Crippen LogP contribution in [0.5, 0.6) is 0 Å². The van der Waals surface area contributed by atoms with Crippen LogP contribution < -0.4 is 10.6 Å². The Morgan fingerprint density at radius 2 is 2.22 bits per heavy atom. The third kappa shape index (κ3) is 3.30. The largest absolute Gasteiger partial charge is 0.368 e. The molecular weight excluding hydrogens is 256 g/mol. The first-order valence-corrected chi connectivity index (χ1v) is 5.93. The summed E-state index contributed by atoms with van der Waals surface area (Å²) in [5.74, 6) is 1.77. The smallest absolute Gasteiger partial charge is 0.224 e. The maximum absolute atomic E-state index is 5.99. The molecule has 0 radical (unpaired) electrons. The summed E-state index contributed by atoms with van der Waals surface area (Å²) in [5.41, 5.74) is 0. The number of nitrogens with one attached hydrogen (secondary N) is 2. The van der Waals surface area contributed by atoms with Gasteiger partial charge in [-0.1, -0.05) is 16.8 Å². The number of rotatable bonds is 6. The minimum absolute atomic E-state index is 0.477. The first-order chi connectivity index (χ1) is 8.79. The van der Waals surface area contributed by atoms with Gasteiger partial charge in [0.05, 0.1) is 6.20 Å². The van der Waals surface area contributed by atoms with Crippen LogP contribution in [0, 0.1) is 0 Å². The molecule has 0 atom stereocenters. The molecule has 7 nitrogen and oxygen atoms in total. The second-order valence-corrected chi connectivity index (χ2v) is 3.85. The number of aromatic nitrogens is 4. The second kappa shape index (κ2) is 6.15. The summed E-state index contributed by atoms with van der Waals surface area (Å²) in [6, 6.07) is 0. The Morgan fingerprint density at radius 3 is 2.94 bits per heavy atom. The molecule has 2 heterocycles. The molecule has 0 aromatic carbocycles. The zero-order valence-corrected chi connectivity index (χ0v) is 10.6. The highest BCUT2D eigenvalue weighted by molar-refractivity contribution is 6.32. The van der Waals surface area contributed by atoms with Gasteiger partial charge in [-0.2, -0.15) is 9.97 Å². The van der Waals surface area contributed by atoms with Crippen molar-refractivity contribution in [1.82, 2.24) is 20.1 Å². The Labute approximate surface area is 109 Å². The molecular formula is C10H13ClN6O. The normalized spacial score (nSPS) is 10.3. The molecule has 0 bridgehead atoms. The van der Waals surface area contributed by atoms with Crippen molar-refractivity contribution in [2.24, 2.45) is 0 Å². The first-order valence-electron chi connectivity index (χ1n) is 5.55. The predicted octanol–water partition coefficient (Wildman–Crippen LogP) is 1.60. The van der Waals surface area contributed by atoms with Crippen molar-refractivity contribution in [3.8, 4) is 0 Å². The zero-order chi connectivity index (χ0) is 12.8. The van der Waals surface area contributed by atoms with E-state index in [0.717, 1.165) is 6.54 Å². The molecule has 18 heavy (non-hydrogen) atoms. The van der Waals surface area contributed by atoms with Crippen molar-refractivity contribution in [1.29, 1.82) is 0 Å². The second-order valence-electron chi connectivity index (χ2n) is 3.44. The number of hydrogen-bond donors (Lipinski definition) is 2. The summed E-state index contributed by atoms with van der Waals surface area (Å²) < 4.78 is 4.64. The highest BCUT2D eigenvalue weighted by Gasteiger charge is 2.05. The molecule has 0 saturated carbocycles. The monoisotopic (exact) mass is 268 g/mol. The van der Waals surface area contributed by atoms with E-state index in [1.165, 1.54) is 6.39 Å². The summed E-state index contributed by atoms with van der Waals surface area (Å²) in [5, 5.41) is 10.3. The van der Waals surface area contributed by atoms with Gasteiger partial charge in [0.2, 0.25) is 12.3 Å². The van der Waals surface area contributed by atoms with E-state index in [4.69, 9.17) is 11.6 Å². The molecule has 0 aliphatic heterocycles. The van der Waals surface area contributed by atoms with E-state index in [0.29, 0.717) is 35.6 Å². The highest BCUT2D eigenvalue weighted by atomic mass is 35.5. The average molecular weight is 269 g/mol. The van der Waals surface area contributed by atoms with Gasteiger partial charge in [0.15, 0.2) is 5.82 Å². The van der Waals surface area contributed by atoms with Crippen molar-refractivity contribution < 1.29 is 4.52 Å². The van der Waals surface area contributed by atoms with E-state index in [1.54, 1.807) is 6.20 Å². The lowest BCUT2D eigenvalue weighted by atomic mass is 10.4. The van der Waals surface area contributed by atoms with Gasteiger partial charge in [-0.05, 0) is 6.92 Å². The lowest BCUT2D eigenvalue weighted by molar-refractivity contribution is 0.410. The zero-order valence-electron chi connectivity index (χ0n) is 9.85. The van der Waals surface area contributed by atoms with Crippen molar-refractivity contribution in [3.63, 3.8) is 0 Å². The van der Waals surface area contributed by atoms with E-state index in [-0.39, 0.29) is 0 Å². The molecule has 0 aliphatic rings. The van der Waals surface area contributed by atoms with Crippen molar-refractivity contribution >= 4 is 23.4 Å². The molecule has 0 amide bonds. The standard InChI is InChI=1S/C10H13ClN6O/c1-2-12-10-14-5-7(11)9(16-10)13-4-3-8-15-6-18-17-8/h5-6H,2-4H2,1H3,(H2,12,13,14,16). The first kappa shape index (κ1) is 12.6. The fraction of sp³-hybridized carbons (Fsp3) is 0.400. The quantitative estimate of drug-likeness (QED) is 0.822.